The van der Waals surface area contributed by atoms with Crippen LogP contribution in [0.25, 0.3) is 5.69 Å². The molecule has 2 aromatic carbocycles. The Bertz CT molecular complexity index is 1320. The molecule has 176 valence electrons. The summed E-state index contributed by atoms with van der Waals surface area (Å²) in [6.45, 7) is 3.62. The summed E-state index contributed by atoms with van der Waals surface area (Å²) in [7, 11) is -2.36. The van der Waals surface area contributed by atoms with E-state index in [1.54, 1.807) is 38.1 Å². The van der Waals surface area contributed by atoms with Crippen LogP contribution < -0.4 is 15.7 Å². The minimum Gasteiger partial charge on any atom is -0.495 e. The maximum atomic E-state index is 12.8. The third kappa shape index (κ3) is 5.07. The van der Waals surface area contributed by atoms with Gasteiger partial charge in [-0.2, -0.15) is 13.7 Å². The first kappa shape index (κ1) is 24.4. The number of carbonyl (C=O) groups is 1. The van der Waals surface area contributed by atoms with Crippen LogP contribution in [0.4, 0.5) is 5.69 Å². The average Bonchev–Trinajstić information content (AvgIpc) is 3.14. The third-order valence-corrected chi connectivity index (χ3v) is 7.17. The molecule has 3 aromatic rings. The molecule has 0 saturated carbocycles. The monoisotopic (exact) mass is 494 g/mol. The fraction of sp³-hybridized carbons (Fsp3) is 0.300. The van der Waals surface area contributed by atoms with Gasteiger partial charge in [-0.3, -0.25) is 4.79 Å². The normalized spacial score (nSPS) is 11.5. The summed E-state index contributed by atoms with van der Waals surface area (Å²) >= 11 is 6.10. The Balaban J connectivity index is 1.85. The van der Waals surface area contributed by atoms with Gasteiger partial charge in [0.1, 0.15) is 12.3 Å². The zero-order valence-electron chi connectivity index (χ0n) is 18.2. The largest absolute Gasteiger partial charge is 0.495 e. The summed E-state index contributed by atoms with van der Waals surface area (Å²) in [6, 6.07) is 10.7. The molecule has 0 spiro atoms. The van der Waals surface area contributed by atoms with Gasteiger partial charge >= 0.3 is 5.69 Å². The topological polar surface area (TPSA) is 128 Å². The van der Waals surface area contributed by atoms with Gasteiger partial charge in [-0.15, -0.1) is 0 Å². The van der Waals surface area contributed by atoms with Crippen LogP contribution in [-0.4, -0.2) is 58.6 Å². The number of hydrogen-bond donors (Lipinski definition) is 1. The first-order valence-electron chi connectivity index (χ1n) is 9.98. The molecule has 1 heterocycles. The van der Waals surface area contributed by atoms with Crippen LogP contribution in [0, 0.1) is 0 Å². The molecule has 0 unspecified atom stereocenters. The number of para-hydroxylation sites is 1. The fourth-order valence-corrected chi connectivity index (χ4v) is 4.83. The van der Waals surface area contributed by atoms with Crippen molar-refractivity contribution in [3.63, 3.8) is 0 Å². The van der Waals surface area contributed by atoms with Gasteiger partial charge in [0, 0.05) is 13.1 Å². The highest BCUT2D eigenvalue weighted by molar-refractivity contribution is 7.89. The number of rotatable bonds is 9. The lowest BCUT2D eigenvalue weighted by molar-refractivity contribution is -0.117. The molecule has 3 rings (SSSR count). The summed E-state index contributed by atoms with van der Waals surface area (Å²) in [5, 5.41) is 10.4. The van der Waals surface area contributed by atoms with Crippen molar-refractivity contribution in [3.8, 4) is 11.4 Å². The first-order valence-corrected chi connectivity index (χ1v) is 11.8. The molecular weight excluding hydrogens is 472 g/mol. The highest BCUT2D eigenvalue weighted by Crippen LogP contribution is 2.29. The van der Waals surface area contributed by atoms with Crippen molar-refractivity contribution in [3.05, 3.63) is 58.0 Å². The lowest BCUT2D eigenvalue weighted by atomic mass is 10.3. The predicted octanol–water partition coefficient (Wildman–Crippen LogP) is 1.76. The van der Waals surface area contributed by atoms with Gasteiger partial charge in [0.2, 0.25) is 15.9 Å². The number of sulfonamides is 1. The second kappa shape index (κ2) is 10.1. The van der Waals surface area contributed by atoms with Crippen molar-refractivity contribution < 1.29 is 17.9 Å². The minimum absolute atomic E-state index is 0.00383. The van der Waals surface area contributed by atoms with Gasteiger partial charge in [0.05, 0.1) is 28.4 Å². The van der Waals surface area contributed by atoms with Crippen molar-refractivity contribution in [2.45, 2.75) is 25.3 Å². The summed E-state index contributed by atoms with van der Waals surface area (Å²) in [5.74, 6) is -0.368. The molecule has 0 fully saturated rings. The van der Waals surface area contributed by atoms with E-state index in [9.17, 15) is 18.0 Å². The van der Waals surface area contributed by atoms with Gasteiger partial charge in [-0.05, 0) is 40.8 Å². The molecule has 33 heavy (non-hydrogen) atoms. The standard InChI is InChI=1S/C20H23ClN6O5S/c1-4-25(5-2)33(30,31)14-10-11-18(32-3)16(12-14)22-19(28)13-26-20(29)27(24-23-26)17-9-7-6-8-15(17)21/h6-12H,4-5,13H2,1-3H3,(H,22,28). The van der Waals surface area contributed by atoms with E-state index in [-0.39, 0.29) is 16.3 Å². The number of hydrogen-bond acceptors (Lipinski definition) is 7. The van der Waals surface area contributed by atoms with Crippen LogP contribution in [0.1, 0.15) is 13.8 Å². The minimum atomic E-state index is -3.75. The Morgan fingerprint density at radius 1 is 1.15 bits per heavy atom. The SMILES string of the molecule is CCN(CC)S(=O)(=O)c1ccc(OC)c(NC(=O)Cn2nnn(-c3ccccc3Cl)c2=O)c1. The summed E-state index contributed by atoms with van der Waals surface area (Å²) < 4.78 is 34.0. The Labute approximate surface area is 195 Å². The van der Waals surface area contributed by atoms with Gasteiger partial charge in [0.15, 0.2) is 0 Å². The highest BCUT2D eigenvalue weighted by Gasteiger charge is 2.23. The van der Waals surface area contributed by atoms with Crippen molar-refractivity contribution in [2.75, 3.05) is 25.5 Å². The molecule has 1 N–H and O–H groups in total. The van der Waals surface area contributed by atoms with Gasteiger partial charge in [-0.1, -0.05) is 37.6 Å². The number of benzene rings is 2. The van der Waals surface area contributed by atoms with Crippen molar-refractivity contribution in [2.24, 2.45) is 0 Å². The van der Waals surface area contributed by atoms with E-state index in [0.717, 1.165) is 9.36 Å². The van der Waals surface area contributed by atoms with Crippen molar-refractivity contribution in [1.82, 2.24) is 24.1 Å². The predicted molar refractivity (Wildman–Crippen MR) is 122 cm³/mol. The van der Waals surface area contributed by atoms with Crippen LogP contribution in [0.2, 0.25) is 5.02 Å². The molecule has 1 amide bonds. The van der Waals surface area contributed by atoms with Gasteiger partial charge < -0.3 is 10.1 Å². The Hall–Kier alpha value is -3.22. The molecule has 0 aliphatic carbocycles. The Morgan fingerprint density at radius 2 is 1.85 bits per heavy atom. The second-order valence-corrected chi connectivity index (χ2v) is 9.13. The van der Waals surface area contributed by atoms with E-state index in [1.807, 2.05) is 0 Å². The second-order valence-electron chi connectivity index (χ2n) is 6.78. The summed E-state index contributed by atoms with van der Waals surface area (Å²) in [6.07, 6.45) is 0. The lowest BCUT2D eigenvalue weighted by Crippen LogP contribution is -2.31. The average molecular weight is 495 g/mol. The smallest absolute Gasteiger partial charge is 0.369 e. The van der Waals surface area contributed by atoms with Crippen LogP contribution >= 0.6 is 11.6 Å². The number of carbonyl (C=O) groups excluding carboxylic acids is 1. The maximum Gasteiger partial charge on any atom is 0.369 e. The van der Waals surface area contributed by atoms with Crippen LogP contribution in [0.5, 0.6) is 5.75 Å². The third-order valence-electron chi connectivity index (χ3n) is 4.80. The number of anilines is 1. The molecule has 0 bridgehead atoms. The van der Waals surface area contributed by atoms with Crippen LogP contribution in [-0.2, 0) is 21.4 Å². The first-order chi connectivity index (χ1) is 15.7. The van der Waals surface area contributed by atoms with Crippen LogP contribution in [0.3, 0.4) is 0 Å². The van der Waals surface area contributed by atoms with E-state index in [2.05, 4.69) is 15.7 Å². The summed E-state index contributed by atoms with van der Waals surface area (Å²) in [5.41, 5.74) is -0.197. The number of methoxy groups -OCH3 is 1. The van der Waals surface area contributed by atoms with Crippen molar-refractivity contribution >= 4 is 33.2 Å². The molecule has 0 radical (unpaired) electrons. The molecule has 1 aromatic heterocycles. The number of nitrogens with one attached hydrogen (secondary N) is 1. The molecular formula is C20H23ClN6O5S. The summed E-state index contributed by atoms with van der Waals surface area (Å²) in [4.78, 5) is 25.2. The number of ether oxygens (including phenoxy) is 1. The Kier molecular flexibility index (Phi) is 7.51. The lowest BCUT2D eigenvalue weighted by Gasteiger charge is -2.19. The van der Waals surface area contributed by atoms with E-state index in [4.69, 9.17) is 16.3 Å². The number of aromatic nitrogens is 4. The molecule has 11 nitrogen and oxygen atoms in total. The number of amides is 1. The molecule has 13 heteroatoms. The molecule has 0 saturated heterocycles. The number of nitrogens with zero attached hydrogens (tertiary/aromatic N) is 5. The number of tetrazole rings is 1. The zero-order chi connectivity index (χ0) is 24.2. The van der Waals surface area contributed by atoms with Crippen LogP contribution in [0.15, 0.2) is 52.2 Å². The fourth-order valence-electron chi connectivity index (χ4n) is 3.13. The van der Waals surface area contributed by atoms with Crippen molar-refractivity contribution in [1.29, 1.82) is 0 Å². The molecule has 0 aliphatic rings. The maximum absolute atomic E-state index is 12.8. The quantitative estimate of drug-likeness (QED) is 0.480. The van der Waals surface area contributed by atoms with Gasteiger partial charge in [-0.25, -0.2) is 13.2 Å². The van der Waals surface area contributed by atoms with E-state index in [1.165, 1.54) is 29.6 Å². The zero-order valence-corrected chi connectivity index (χ0v) is 19.8. The number of halogens is 1. The van der Waals surface area contributed by atoms with E-state index < -0.39 is 28.2 Å². The van der Waals surface area contributed by atoms with E-state index >= 15 is 0 Å². The molecule has 0 atom stereocenters. The highest BCUT2D eigenvalue weighted by atomic mass is 35.5. The Morgan fingerprint density at radius 3 is 2.48 bits per heavy atom. The van der Waals surface area contributed by atoms with Gasteiger partial charge in [0.25, 0.3) is 0 Å². The molecule has 0 aliphatic heterocycles. The van der Waals surface area contributed by atoms with E-state index in [0.29, 0.717) is 23.8 Å².